The molecule has 0 aliphatic heterocycles. The van der Waals surface area contributed by atoms with E-state index in [-0.39, 0.29) is 10.8 Å². The Kier molecular flexibility index (Phi) is 6.55. The highest BCUT2D eigenvalue weighted by Crippen LogP contribution is 2.53. The summed E-state index contributed by atoms with van der Waals surface area (Å²) in [6.07, 6.45) is 0. The first-order valence-corrected chi connectivity index (χ1v) is 18.4. The molecular formula is C51H40O. The van der Waals surface area contributed by atoms with E-state index < -0.39 is 0 Å². The molecule has 0 heterocycles. The molecule has 0 amide bonds. The van der Waals surface area contributed by atoms with Crippen LogP contribution in [0.1, 0.15) is 49.9 Å². The largest absolute Gasteiger partial charge is 0.497 e. The number of hydrogen-bond acceptors (Lipinski definition) is 1. The van der Waals surface area contributed by atoms with Crippen LogP contribution in [-0.2, 0) is 10.8 Å². The molecule has 250 valence electrons. The van der Waals surface area contributed by atoms with E-state index in [1.807, 2.05) is 0 Å². The van der Waals surface area contributed by atoms with Crippen molar-refractivity contribution < 1.29 is 4.74 Å². The second-order valence-electron chi connectivity index (χ2n) is 15.6. The van der Waals surface area contributed by atoms with Gasteiger partial charge in [-0.05, 0) is 130 Å². The van der Waals surface area contributed by atoms with Crippen LogP contribution in [0.15, 0.2) is 152 Å². The fourth-order valence-electron chi connectivity index (χ4n) is 9.50. The van der Waals surface area contributed by atoms with Crippen molar-refractivity contribution in [2.45, 2.75) is 38.5 Å². The third-order valence-electron chi connectivity index (χ3n) is 12.2. The van der Waals surface area contributed by atoms with Crippen LogP contribution in [0, 0.1) is 0 Å². The van der Waals surface area contributed by atoms with Gasteiger partial charge >= 0.3 is 0 Å². The van der Waals surface area contributed by atoms with Gasteiger partial charge < -0.3 is 4.74 Å². The van der Waals surface area contributed by atoms with Crippen LogP contribution in [0.3, 0.4) is 0 Å². The molecule has 2 aliphatic carbocycles. The lowest BCUT2D eigenvalue weighted by Gasteiger charge is -2.23. The van der Waals surface area contributed by atoms with Gasteiger partial charge in [0.15, 0.2) is 0 Å². The van der Waals surface area contributed by atoms with Crippen molar-refractivity contribution in [1.82, 2.24) is 0 Å². The Morgan fingerprint density at radius 1 is 0.346 bits per heavy atom. The molecule has 0 aromatic heterocycles. The Bertz CT molecular complexity index is 2760. The second kappa shape index (κ2) is 11.0. The Labute approximate surface area is 306 Å². The van der Waals surface area contributed by atoms with Gasteiger partial charge in [0, 0.05) is 10.8 Å². The summed E-state index contributed by atoms with van der Waals surface area (Å²) in [7, 11) is 1.73. The smallest absolute Gasteiger partial charge is 0.118 e. The van der Waals surface area contributed by atoms with Crippen LogP contribution in [-0.4, -0.2) is 7.11 Å². The van der Waals surface area contributed by atoms with Crippen LogP contribution in [0.2, 0.25) is 0 Å². The minimum atomic E-state index is -0.0594. The Balaban J connectivity index is 1.25. The molecule has 0 unspecified atom stereocenters. The molecule has 1 heteroatoms. The summed E-state index contributed by atoms with van der Waals surface area (Å²) in [6.45, 7) is 9.43. The first-order valence-electron chi connectivity index (χ1n) is 18.4. The fourth-order valence-corrected chi connectivity index (χ4v) is 9.50. The van der Waals surface area contributed by atoms with E-state index in [9.17, 15) is 0 Å². The van der Waals surface area contributed by atoms with Crippen LogP contribution in [0.5, 0.6) is 5.75 Å². The highest BCUT2D eigenvalue weighted by Gasteiger charge is 2.36. The number of fused-ring (bicyclic) bond motifs is 8. The molecule has 0 spiro atoms. The summed E-state index contributed by atoms with van der Waals surface area (Å²) in [6, 6.07) is 56.8. The van der Waals surface area contributed by atoms with Gasteiger partial charge in [0.05, 0.1) is 7.11 Å². The van der Waals surface area contributed by atoms with E-state index in [1.165, 1.54) is 99.4 Å². The Morgan fingerprint density at radius 3 is 1.52 bits per heavy atom. The highest BCUT2D eigenvalue weighted by molar-refractivity contribution is 6.22. The number of methoxy groups -OCH3 is 1. The normalized spacial score (nSPS) is 14.6. The molecule has 0 N–H and O–H groups in total. The summed E-state index contributed by atoms with van der Waals surface area (Å²) < 4.78 is 5.56. The average Bonchev–Trinajstić information content (AvgIpc) is 3.55. The minimum absolute atomic E-state index is 0.0407. The van der Waals surface area contributed by atoms with E-state index in [4.69, 9.17) is 4.74 Å². The first kappa shape index (κ1) is 30.9. The monoisotopic (exact) mass is 668 g/mol. The van der Waals surface area contributed by atoms with Crippen LogP contribution >= 0.6 is 0 Å². The lowest BCUT2D eigenvalue weighted by molar-refractivity contribution is 0.415. The topological polar surface area (TPSA) is 9.23 Å². The quantitative estimate of drug-likeness (QED) is 0.170. The predicted molar refractivity (Wildman–Crippen MR) is 219 cm³/mol. The predicted octanol–water partition coefficient (Wildman–Crippen LogP) is 13.6. The minimum Gasteiger partial charge on any atom is -0.497 e. The molecular weight excluding hydrogens is 629 g/mol. The highest BCUT2D eigenvalue weighted by atomic mass is 16.5. The third-order valence-corrected chi connectivity index (χ3v) is 12.2. The molecule has 1 nitrogen and oxygen atoms in total. The van der Waals surface area contributed by atoms with Gasteiger partial charge in [-0.2, -0.15) is 0 Å². The number of hydrogen-bond donors (Lipinski definition) is 0. The zero-order chi connectivity index (χ0) is 35.4. The van der Waals surface area contributed by atoms with Crippen molar-refractivity contribution in [3.63, 3.8) is 0 Å². The van der Waals surface area contributed by atoms with Crippen LogP contribution < -0.4 is 4.74 Å². The number of ether oxygens (including phenoxy) is 1. The third kappa shape index (κ3) is 4.29. The van der Waals surface area contributed by atoms with Crippen molar-refractivity contribution >= 4 is 21.5 Å². The Hall–Kier alpha value is -5.92. The zero-order valence-corrected chi connectivity index (χ0v) is 30.3. The van der Waals surface area contributed by atoms with E-state index in [1.54, 1.807) is 7.11 Å². The molecule has 0 saturated heterocycles. The Morgan fingerprint density at radius 2 is 0.827 bits per heavy atom. The number of benzene rings is 8. The maximum absolute atomic E-state index is 5.56. The lowest BCUT2D eigenvalue weighted by atomic mass is 9.80. The molecule has 0 bridgehead atoms. The van der Waals surface area contributed by atoms with Crippen LogP contribution in [0.25, 0.3) is 77.2 Å². The van der Waals surface area contributed by atoms with Crippen molar-refractivity contribution in [1.29, 1.82) is 0 Å². The number of rotatable bonds is 4. The van der Waals surface area contributed by atoms with Crippen LogP contribution in [0.4, 0.5) is 0 Å². The zero-order valence-electron chi connectivity index (χ0n) is 30.3. The molecule has 8 aromatic carbocycles. The van der Waals surface area contributed by atoms with E-state index in [0.29, 0.717) is 0 Å². The maximum atomic E-state index is 5.56. The fraction of sp³-hybridized carbons (Fsp3) is 0.137. The van der Waals surface area contributed by atoms with Gasteiger partial charge in [-0.3, -0.25) is 0 Å². The van der Waals surface area contributed by atoms with Crippen molar-refractivity contribution in [3.05, 3.63) is 174 Å². The summed E-state index contributed by atoms with van der Waals surface area (Å²) in [5.41, 5.74) is 18.3. The summed E-state index contributed by atoms with van der Waals surface area (Å²) in [5.74, 6) is 0.860. The summed E-state index contributed by atoms with van der Waals surface area (Å²) in [5, 5.41) is 5.02. The standard InChI is InChI=1S/C51H40O/c1-50(2)45-17-11-9-13-37(45)42-29-34(22-27-46(42)50)49-40-15-7-6-14-39(40)48(31-18-23-35(52-5)24-19-31)41-26-21-32(28-43(41)49)33-20-25-38-36-12-8-10-16-44(36)51(3,4)47(38)30-33/h6-30H,1-5H3. The van der Waals surface area contributed by atoms with Gasteiger partial charge in [-0.25, -0.2) is 0 Å². The van der Waals surface area contributed by atoms with E-state index in [0.717, 1.165) is 5.75 Å². The maximum Gasteiger partial charge on any atom is 0.118 e. The first-order chi connectivity index (χ1) is 25.3. The van der Waals surface area contributed by atoms with Gasteiger partial charge in [0.2, 0.25) is 0 Å². The molecule has 2 aliphatic rings. The summed E-state index contributed by atoms with van der Waals surface area (Å²) in [4.78, 5) is 0. The molecule has 0 atom stereocenters. The molecule has 0 radical (unpaired) electrons. The second-order valence-corrected chi connectivity index (χ2v) is 15.6. The molecule has 8 aromatic rings. The van der Waals surface area contributed by atoms with E-state index >= 15 is 0 Å². The molecule has 0 fully saturated rings. The van der Waals surface area contributed by atoms with Gasteiger partial charge in [0.25, 0.3) is 0 Å². The van der Waals surface area contributed by atoms with E-state index in [2.05, 4.69) is 179 Å². The van der Waals surface area contributed by atoms with Crippen molar-refractivity contribution in [3.8, 4) is 61.4 Å². The SMILES string of the molecule is COc1ccc(-c2c3ccccc3c(-c3ccc4c(c3)-c3ccccc3C4(C)C)c3cc(-c4ccc5c(c4)C(C)(C)c4ccccc4-5)ccc23)cc1. The molecule has 10 rings (SSSR count). The van der Waals surface area contributed by atoms with Gasteiger partial charge in [-0.1, -0.05) is 149 Å². The van der Waals surface area contributed by atoms with Gasteiger partial charge in [-0.15, -0.1) is 0 Å². The van der Waals surface area contributed by atoms with Crippen molar-refractivity contribution in [2.24, 2.45) is 0 Å². The summed E-state index contributed by atoms with van der Waals surface area (Å²) >= 11 is 0. The average molecular weight is 669 g/mol. The van der Waals surface area contributed by atoms with Crippen molar-refractivity contribution in [2.75, 3.05) is 7.11 Å². The lowest BCUT2D eigenvalue weighted by Crippen LogP contribution is -2.14. The molecule has 52 heavy (non-hydrogen) atoms. The molecule has 0 saturated carbocycles. The van der Waals surface area contributed by atoms with Gasteiger partial charge in [0.1, 0.15) is 5.75 Å².